The zero-order valence-corrected chi connectivity index (χ0v) is 13.6. The van der Waals surface area contributed by atoms with Gasteiger partial charge in [0.15, 0.2) is 0 Å². The maximum absolute atomic E-state index is 12.6. The Balaban J connectivity index is 2.26. The third kappa shape index (κ3) is 2.41. The molecular weight excluding hydrogens is 316 g/mol. The molecule has 1 aliphatic carbocycles. The Labute approximate surface area is 134 Å². The first-order valence-electron chi connectivity index (χ1n) is 7.10. The summed E-state index contributed by atoms with van der Waals surface area (Å²) in [6.45, 7) is 0. The fraction of sp³-hybridized carbons (Fsp3) is 0.312. The van der Waals surface area contributed by atoms with Crippen molar-refractivity contribution in [3.05, 3.63) is 53.3 Å². The lowest BCUT2D eigenvalue weighted by Crippen LogP contribution is -2.37. The number of esters is 1. The van der Waals surface area contributed by atoms with Crippen molar-refractivity contribution in [2.75, 3.05) is 13.4 Å². The number of rotatable bonds is 3. The number of benzene rings is 1. The number of methoxy groups -OCH3 is 1. The lowest BCUT2D eigenvalue weighted by atomic mass is 9.78. The van der Waals surface area contributed by atoms with Gasteiger partial charge in [-0.05, 0) is 30.0 Å². The number of hydrogen-bond donors (Lipinski definition) is 0. The van der Waals surface area contributed by atoms with Crippen LogP contribution < -0.4 is 0 Å². The quantitative estimate of drug-likeness (QED) is 0.622. The van der Waals surface area contributed by atoms with E-state index < -0.39 is 21.2 Å². The molecule has 1 aliphatic rings. The number of aromatic nitrogens is 2. The second-order valence-electron chi connectivity index (χ2n) is 5.55. The Bertz CT molecular complexity index is 879. The van der Waals surface area contributed by atoms with Crippen LogP contribution in [0.5, 0.6) is 0 Å². The van der Waals surface area contributed by atoms with Gasteiger partial charge >= 0.3 is 5.97 Å². The first-order chi connectivity index (χ1) is 10.9. The second-order valence-corrected chi connectivity index (χ2v) is 7.46. The molecule has 0 bridgehead atoms. The molecule has 1 aromatic heterocycles. The van der Waals surface area contributed by atoms with Crippen molar-refractivity contribution < 1.29 is 17.9 Å². The van der Waals surface area contributed by atoms with Gasteiger partial charge in [-0.2, -0.15) is 0 Å². The van der Waals surface area contributed by atoms with Gasteiger partial charge < -0.3 is 4.74 Å². The number of hydrogen-bond acceptors (Lipinski definition) is 6. The Morgan fingerprint density at radius 2 is 2.00 bits per heavy atom. The van der Waals surface area contributed by atoms with E-state index in [0.717, 1.165) is 17.4 Å². The van der Waals surface area contributed by atoms with Crippen LogP contribution in [-0.4, -0.2) is 37.7 Å². The van der Waals surface area contributed by atoms with Crippen molar-refractivity contribution >= 4 is 15.8 Å². The Kier molecular flexibility index (Phi) is 3.68. The van der Waals surface area contributed by atoms with Crippen LogP contribution in [0.1, 0.15) is 23.2 Å². The van der Waals surface area contributed by atoms with Gasteiger partial charge in [-0.25, -0.2) is 18.4 Å². The molecule has 0 amide bonds. The van der Waals surface area contributed by atoms with Crippen LogP contribution in [0.3, 0.4) is 0 Å². The molecule has 1 heterocycles. The summed E-state index contributed by atoms with van der Waals surface area (Å²) in [4.78, 5) is 20.6. The van der Waals surface area contributed by atoms with Crippen molar-refractivity contribution in [1.82, 2.24) is 9.97 Å². The fourth-order valence-electron chi connectivity index (χ4n) is 3.13. The summed E-state index contributed by atoms with van der Waals surface area (Å²) in [5.74, 6) is -0.444. The molecule has 0 spiro atoms. The molecule has 0 N–H and O–H groups in total. The van der Waals surface area contributed by atoms with Gasteiger partial charge in [0.2, 0.25) is 15.0 Å². The van der Waals surface area contributed by atoms with Crippen LogP contribution in [0.25, 0.3) is 0 Å². The standard InChI is InChI=1S/C16H16N2O4S/c1-22-14(19)16(9-7-11-5-3-4-6-12(11)16)13-8-10-17-15(18-13)23(2,20)21/h3-6,8,10H,7,9H2,1-2H3. The van der Waals surface area contributed by atoms with E-state index in [-0.39, 0.29) is 5.16 Å². The maximum atomic E-state index is 12.6. The molecule has 1 aromatic carbocycles. The van der Waals surface area contributed by atoms with Crippen LogP contribution in [-0.2, 0) is 31.2 Å². The lowest BCUT2D eigenvalue weighted by molar-refractivity contribution is -0.146. The third-order valence-electron chi connectivity index (χ3n) is 4.18. The van der Waals surface area contributed by atoms with Crippen LogP contribution >= 0.6 is 0 Å². The summed E-state index contributed by atoms with van der Waals surface area (Å²) in [5, 5.41) is -0.289. The smallest absolute Gasteiger partial charge is 0.322 e. The van der Waals surface area contributed by atoms with Gasteiger partial charge in [0.1, 0.15) is 5.41 Å². The van der Waals surface area contributed by atoms with Gasteiger partial charge in [0.25, 0.3) is 0 Å². The zero-order valence-electron chi connectivity index (χ0n) is 12.8. The molecule has 1 atom stereocenters. The van der Waals surface area contributed by atoms with Crippen molar-refractivity contribution in [3.63, 3.8) is 0 Å². The second kappa shape index (κ2) is 5.42. The van der Waals surface area contributed by atoms with E-state index >= 15 is 0 Å². The predicted octanol–water partition coefficient (Wildman–Crippen LogP) is 1.29. The normalized spacial score (nSPS) is 20.1. The van der Waals surface area contributed by atoms with Crippen molar-refractivity contribution in [2.45, 2.75) is 23.4 Å². The predicted molar refractivity (Wildman–Crippen MR) is 82.7 cm³/mol. The number of carbonyl (C=O) groups is 1. The van der Waals surface area contributed by atoms with Gasteiger partial charge in [0, 0.05) is 12.5 Å². The average Bonchev–Trinajstić information content (AvgIpc) is 2.94. The minimum Gasteiger partial charge on any atom is -0.468 e. The molecule has 23 heavy (non-hydrogen) atoms. The highest BCUT2D eigenvalue weighted by molar-refractivity contribution is 7.90. The van der Waals surface area contributed by atoms with Crippen molar-refractivity contribution in [3.8, 4) is 0 Å². The van der Waals surface area contributed by atoms with Crippen LogP contribution in [0.4, 0.5) is 0 Å². The largest absolute Gasteiger partial charge is 0.468 e. The monoisotopic (exact) mass is 332 g/mol. The Morgan fingerprint density at radius 1 is 1.26 bits per heavy atom. The molecule has 0 aliphatic heterocycles. The molecule has 0 saturated carbocycles. The summed E-state index contributed by atoms with van der Waals surface area (Å²) >= 11 is 0. The number of carbonyl (C=O) groups excluding carboxylic acids is 1. The molecule has 0 radical (unpaired) electrons. The highest BCUT2D eigenvalue weighted by atomic mass is 32.2. The summed E-state index contributed by atoms with van der Waals surface area (Å²) in [6, 6.07) is 9.16. The van der Waals surface area contributed by atoms with Gasteiger partial charge in [-0.1, -0.05) is 24.3 Å². The third-order valence-corrected chi connectivity index (χ3v) is 5.04. The van der Waals surface area contributed by atoms with Crippen LogP contribution in [0.2, 0.25) is 0 Å². The van der Waals surface area contributed by atoms with Gasteiger partial charge in [-0.3, -0.25) is 4.79 Å². The first kappa shape index (κ1) is 15.6. The molecule has 6 nitrogen and oxygen atoms in total. The van der Waals surface area contributed by atoms with E-state index in [0.29, 0.717) is 18.5 Å². The molecule has 0 saturated heterocycles. The first-order valence-corrected chi connectivity index (χ1v) is 8.99. The number of aryl methyl sites for hydroxylation is 1. The van der Waals surface area contributed by atoms with Crippen molar-refractivity contribution in [1.29, 1.82) is 0 Å². The summed E-state index contributed by atoms with van der Waals surface area (Å²) in [5.41, 5.74) is 1.11. The topological polar surface area (TPSA) is 86.2 Å². The summed E-state index contributed by atoms with van der Waals surface area (Å²) in [6.07, 6.45) is 3.59. The van der Waals surface area contributed by atoms with E-state index in [2.05, 4.69) is 9.97 Å². The van der Waals surface area contributed by atoms with E-state index in [1.807, 2.05) is 24.3 Å². The van der Waals surface area contributed by atoms with Crippen LogP contribution in [0, 0.1) is 0 Å². The molecule has 2 aromatic rings. The molecule has 0 fully saturated rings. The fourth-order valence-corrected chi connectivity index (χ4v) is 3.64. The molecule has 1 unspecified atom stereocenters. The number of ether oxygens (including phenoxy) is 1. The van der Waals surface area contributed by atoms with E-state index in [4.69, 9.17) is 4.74 Å². The Hall–Kier alpha value is -2.28. The highest BCUT2D eigenvalue weighted by Gasteiger charge is 2.49. The van der Waals surface area contributed by atoms with Gasteiger partial charge in [-0.15, -0.1) is 0 Å². The maximum Gasteiger partial charge on any atom is 0.322 e. The minimum atomic E-state index is -3.57. The molecule has 3 rings (SSSR count). The minimum absolute atomic E-state index is 0.289. The Morgan fingerprint density at radius 3 is 2.70 bits per heavy atom. The summed E-state index contributed by atoms with van der Waals surface area (Å²) in [7, 11) is -2.24. The zero-order chi connectivity index (χ0) is 16.7. The SMILES string of the molecule is COC(=O)C1(c2ccnc(S(C)(=O)=O)n2)CCc2ccccc21. The average molecular weight is 332 g/mol. The van der Waals surface area contributed by atoms with Crippen LogP contribution in [0.15, 0.2) is 41.7 Å². The van der Waals surface area contributed by atoms with Gasteiger partial charge in [0.05, 0.1) is 12.8 Å². The number of nitrogens with zero attached hydrogens (tertiary/aromatic N) is 2. The van der Waals surface area contributed by atoms with E-state index in [9.17, 15) is 13.2 Å². The highest BCUT2D eigenvalue weighted by Crippen LogP contribution is 2.44. The number of sulfone groups is 1. The van der Waals surface area contributed by atoms with E-state index in [1.54, 1.807) is 6.07 Å². The molecular formula is C16H16N2O4S. The van der Waals surface area contributed by atoms with Crippen molar-refractivity contribution in [2.24, 2.45) is 0 Å². The molecule has 120 valence electrons. The molecule has 7 heteroatoms. The van der Waals surface area contributed by atoms with E-state index in [1.165, 1.54) is 13.3 Å². The lowest BCUT2D eigenvalue weighted by Gasteiger charge is -2.27. The number of fused-ring (bicyclic) bond motifs is 1. The summed E-state index contributed by atoms with van der Waals surface area (Å²) < 4.78 is 28.5.